The van der Waals surface area contributed by atoms with Crippen molar-refractivity contribution >= 4 is 23.4 Å². The molecule has 1 N–H and O–H groups in total. The van der Waals surface area contributed by atoms with Crippen molar-refractivity contribution in [3.63, 3.8) is 0 Å². The van der Waals surface area contributed by atoms with Crippen molar-refractivity contribution < 1.29 is 19.1 Å². The number of para-hydroxylation sites is 2. The van der Waals surface area contributed by atoms with Crippen molar-refractivity contribution in [3.05, 3.63) is 59.7 Å². The van der Waals surface area contributed by atoms with Crippen molar-refractivity contribution in [2.24, 2.45) is 0 Å². The number of carbonyl (C=O) groups is 2. The first kappa shape index (κ1) is 23.4. The van der Waals surface area contributed by atoms with Gasteiger partial charge < -0.3 is 19.7 Å². The number of ether oxygens (including phenoxy) is 2. The molecule has 2 amide bonds. The van der Waals surface area contributed by atoms with Gasteiger partial charge in [0.1, 0.15) is 18.5 Å². The molecule has 2 atom stereocenters. The van der Waals surface area contributed by atoms with Gasteiger partial charge in [0.15, 0.2) is 17.6 Å². The fourth-order valence-electron chi connectivity index (χ4n) is 4.55. The number of halogens is 1. The van der Waals surface area contributed by atoms with Crippen LogP contribution in [0, 0.1) is 6.92 Å². The number of rotatable bonds is 7. The molecule has 2 aromatic rings. The van der Waals surface area contributed by atoms with Crippen molar-refractivity contribution in [2.45, 2.75) is 57.2 Å². The number of fused-ring (bicyclic) bond motifs is 1. The van der Waals surface area contributed by atoms with Gasteiger partial charge in [-0.15, -0.1) is 11.6 Å². The average Bonchev–Trinajstić information content (AvgIpc) is 2.85. The molecule has 2 aliphatic rings. The normalized spacial score (nSPS) is 18.9. The fraction of sp³-hybridized carbons (Fsp3) is 0.462. The topological polar surface area (TPSA) is 67.9 Å². The van der Waals surface area contributed by atoms with Crippen molar-refractivity contribution in [1.29, 1.82) is 0 Å². The summed E-state index contributed by atoms with van der Waals surface area (Å²) in [6, 6.07) is 14.5. The Kier molecular flexibility index (Phi) is 7.76. The summed E-state index contributed by atoms with van der Waals surface area (Å²) in [7, 11) is 0. The summed E-state index contributed by atoms with van der Waals surface area (Å²) in [5, 5.41) is 3.20. The number of aryl methyl sites for hydroxylation is 1. The molecule has 0 radical (unpaired) electrons. The summed E-state index contributed by atoms with van der Waals surface area (Å²) in [4.78, 5) is 28.1. The Bertz CT molecular complexity index is 959. The van der Waals surface area contributed by atoms with E-state index in [-0.39, 0.29) is 36.9 Å². The molecule has 1 aliphatic heterocycles. The molecule has 33 heavy (non-hydrogen) atoms. The summed E-state index contributed by atoms with van der Waals surface area (Å²) in [5.74, 6) is 0.591. The Hall–Kier alpha value is -2.73. The van der Waals surface area contributed by atoms with E-state index in [1.54, 1.807) is 0 Å². The molecule has 2 aromatic carbocycles. The number of amides is 2. The third kappa shape index (κ3) is 5.80. The zero-order chi connectivity index (χ0) is 23.2. The third-order valence-electron chi connectivity index (χ3n) is 6.31. The Morgan fingerprint density at radius 1 is 1.06 bits per heavy atom. The minimum Gasteiger partial charge on any atom is -0.486 e. The van der Waals surface area contributed by atoms with Gasteiger partial charge in [-0.25, -0.2) is 0 Å². The molecule has 1 heterocycles. The zero-order valence-corrected chi connectivity index (χ0v) is 19.7. The quantitative estimate of drug-likeness (QED) is 0.609. The van der Waals surface area contributed by atoms with E-state index >= 15 is 0 Å². The van der Waals surface area contributed by atoms with E-state index < -0.39 is 12.1 Å². The number of benzene rings is 2. The van der Waals surface area contributed by atoms with Crippen LogP contribution in [0.2, 0.25) is 0 Å². The van der Waals surface area contributed by atoms with E-state index in [1.807, 2.05) is 55.5 Å². The van der Waals surface area contributed by atoms with Crippen LogP contribution in [-0.2, 0) is 9.59 Å². The van der Waals surface area contributed by atoms with E-state index in [0.717, 1.165) is 36.8 Å². The van der Waals surface area contributed by atoms with Crippen LogP contribution in [0.4, 0.5) is 0 Å². The Labute approximate surface area is 200 Å². The molecule has 2 unspecified atom stereocenters. The summed E-state index contributed by atoms with van der Waals surface area (Å²) in [6.07, 6.45) is 4.93. The molecular formula is C26H31ClN2O4. The number of nitrogens with zero attached hydrogens (tertiary/aromatic N) is 1. The first-order valence-electron chi connectivity index (χ1n) is 11.7. The molecule has 176 valence electrons. The number of nitrogens with one attached hydrogen (secondary N) is 1. The lowest BCUT2D eigenvalue weighted by atomic mass is 9.94. The van der Waals surface area contributed by atoms with E-state index in [2.05, 4.69) is 5.32 Å². The van der Waals surface area contributed by atoms with Crippen LogP contribution in [0.3, 0.4) is 0 Å². The maximum atomic E-state index is 13.6. The minimum absolute atomic E-state index is 0.133. The molecule has 1 fully saturated rings. The Morgan fingerprint density at radius 2 is 1.76 bits per heavy atom. The third-order valence-corrected chi connectivity index (χ3v) is 6.54. The predicted octanol–water partition coefficient (Wildman–Crippen LogP) is 4.39. The molecule has 7 heteroatoms. The first-order chi connectivity index (χ1) is 16.0. The van der Waals surface area contributed by atoms with Crippen molar-refractivity contribution in [2.75, 3.05) is 19.0 Å². The number of alkyl halides is 1. The first-order valence-corrected chi connectivity index (χ1v) is 12.2. The van der Waals surface area contributed by atoms with Crippen molar-refractivity contribution in [1.82, 2.24) is 10.2 Å². The van der Waals surface area contributed by atoms with Gasteiger partial charge in [0, 0.05) is 6.04 Å². The van der Waals surface area contributed by atoms with Gasteiger partial charge in [-0.3, -0.25) is 9.59 Å². The van der Waals surface area contributed by atoms with Crippen LogP contribution in [0.5, 0.6) is 11.5 Å². The maximum absolute atomic E-state index is 13.6. The van der Waals surface area contributed by atoms with Crippen molar-refractivity contribution in [3.8, 4) is 11.5 Å². The minimum atomic E-state index is -0.792. The molecule has 0 bridgehead atoms. The molecule has 0 saturated heterocycles. The second-order valence-electron chi connectivity index (χ2n) is 8.83. The van der Waals surface area contributed by atoms with Crippen LogP contribution < -0.4 is 14.8 Å². The van der Waals surface area contributed by atoms with E-state index in [9.17, 15) is 9.59 Å². The summed E-state index contributed by atoms with van der Waals surface area (Å²) in [6.45, 7) is 2.47. The standard InChI is InChI=1S/C26H31ClN2O4/c1-18-11-13-19(14-12-18)25(26(31)28-20-7-3-2-4-8-20)29(24(30)15-27)16-21-17-32-22-9-5-6-10-23(22)33-21/h5-6,9-14,20-21,25H,2-4,7-8,15-17H2,1H3,(H,28,31). The van der Waals surface area contributed by atoms with E-state index in [1.165, 1.54) is 11.3 Å². The average molecular weight is 471 g/mol. The summed E-state index contributed by atoms with van der Waals surface area (Å²) >= 11 is 6.00. The largest absolute Gasteiger partial charge is 0.486 e. The van der Waals surface area contributed by atoms with Gasteiger partial charge >= 0.3 is 0 Å². The molecule has 6 nitrogen and oxygen atoms in total. The van der Waals surface area contributed by atoms with E-state index in [0.29, 0.717) is 11.5 Å². The number of hydrogen-bond donors (Lipinski definition) is 1. The Morgan fingerprint density at radius 3 is 2.45 bits per heavy atom. The molecule has 1 saturated carbocycles. The van der Waals surface area contributed by atoms with Crippen LogP contribution >= 0.6 is 11.6 Å². The second kappa shape index (κ2) is 10.9. The lowest BCUT2D eigenvalue weighted by molar-refractivity contribution is -0.141. The fourth-order valence-corrected chi connectivity index (χ4v) is 4.70. The smallest absolute Gasteiger partial charge is 0.247 e. The zero-order valence-electron chi connectivity index (χ0n) is 19.0. The van der Waals surface area contributed by atoms with Gasteiger partial charge in [0.2, 0.25) is 11.8 Å². The predicted molar refractivity (Wildman–Crippen MR) is 128 cm³/mol. The molecule has 0 spiro atoms. The summed E-state index contributed by atoms with van der Waals surface area (Å²) < 4.78 is 11.9. The molecule has 1 aliphatic carbocycles. The molecule has 0 aromatic heterocycles. The van der Waals surface area contributed by atoms with Crippen LogP contribution in [0.15, 0.2) is 48.5 Å². The van der Waals surface area contributed by atoms with Gasteiger partial charge in [-0.1, -0.05) is 61.2 Å². The highest BCUT2D eigenvalue weighted by Gasteiger charge is 2.35. The number of hydrogen-bond acceptors (Lipinski definition) is 4. The van der Waals surface area contributed by atoms with Gasteiger partial charge in [-0.2, -0.15) is 0 Å². The van der Waals surface area contributed by atoms with Crippen LogP contribution in [-0.4, -0.2) is 47.9 Å². The Balaban J connectivity index is 1.59. The van der Waals surface area contributed by atoms with E-state index in [4.69, 9.17) is 21.1 Å². The van der Waals surface area contributed by atoms with Gasteiger partial charge in [0.05, 0.1) is 6.54 Å². The highest BCUT2D eigenvalue weighted by atomic mass is 35.5. The van der Waals surface area contributed by atoms with Crippen LogP contribution in [0.1, 0.15) is 49.3 Å². The number of carbonyl (C=O) groups excluding carboxylic acids is 2. The summed E-state index contributed by atoms with van der Waals surface area (Å²) in [5.41, 5.74) is 1.84. The molecular weight excluding hydrogens is 440 g/mol. The second-order valence-corrected chi connectivity index (χ2v) is 9.10. The highest BCUT2D eigenvalue weighted by Crippen LogP contribution is 2.32. The highest BCUT2D eigenvalue weighted by molar-refractivity contribution is 6.27. The lowest BCUT2D eigenvalue weighted by Crippen LogP contribution is -2.51. The monoisotopic (exact) mass is 470 g/mol. The van der Waals surface area contributed by atoms with Gasteiger partial charge in [-0.05, 0) is 37.5 Å². The lowest BCUT2D eigenvalue weighted by Gasteiger charge is -2.36. The molecule has 4 rings (SSSR count). The van der Waals surface area contributed by atoms with Gasteiger partial charge in [0.25, 0.3) is 0 Å². The van der Waals surface area contributed by atoms with Crippen LogP contribution in [0.25, 0.3) is 0 Å². The maximum Gasteiger partial charge on any atom is 0.247 e. The SMILES string of the molecule is Cc1ccc(C(C(=O)NC2CCCCC2)N(CC2COc3ccccc3O2)C(=O)CCl)cc1.